The Balaban J connectivity index is -0.0000000655. The van der Waals surface area contributed by atoms with Crippen LogP contribution >= 0.6 is 0 Å². The van der Waals surface area contributed by atoms with E-state index in [1.165, 1.54) is 0 Å². The molecule has 0 aromatic heterocycles. The molecule has 0 unspecified atom stereocenters. The van der Waals surface area contributed by atoms with E-state index in [0.29, 0.717) is 0 Å². The largest absolute Gasteiger partial charge is 0.518 e. The first-order chi connectivity index (χ1) is 7.24. The molecule has 0 bridgehead atoms. The van der Waals surface area contributed by atoms with Crippen molar-refractivity contribution < 1.29 is 18.6 Å². The van der Waals surface area contributed by atoms with E-state index in [2.05, 4.69) is 20.8 Å². The van der Waals surface area contributed by atoms with Crippen molar-refractivity contribution in [3.05, 3.63) is 38.0 Å². The maximum absolute atomic E-state index is 5.01. The van der Waals surface area contributed by atoms with E-state index >= 15 is 0 Å². The van der Waals surface area contributed by atoms with Gasteiger partial charge in [0.2, 0.25) is 0 Å². The Labute approximate surface area is 116 Å². The van der Waals surface area contributed by atoms with Gasteiger partial charge in [0.25, 0.3) is 0 Å². The van der Waals surface area contributed by atoms with Gasteiger partial charge in [-0.3, -0.25) is 18.2 Å². The molecule has 0 rings (SSSR count). The number of unbranched alkanes of at least 4 members (excludes halogenated alkanes) is 3. The Morgan fingerprint density at radius 2 is 0.812 bits per heavy atom. The van der Waals surface area contributed by atoms with Gasteiger partial charge in [-0.15, -0.1) is 0 Å². The molecular formula is C15H27V-3. The van der Waals surface area contributed by atoms with Crippen LogP contribution in [0, 0.1) is 19.7 Å². The summed E-state index contributed by atoms with van der Waals surface area (Å²) in [4.78, 5) is 0. The minimum absolute atomic E-state index is 0. The van der Waals surface area contributed by atoms with Crippen molar-refractivity contribution in [3.63, 3.8) is 0 Å². The van der Waals surface area contributed by atoms with Gasteiger partial charge in [-0.2, -0.15) is 0 Å². The topological polar surface area (TPSA) is 0 Å². The van der Waals surface area contributed by atoms with Crippen LogP contribution in [-0.2, 0) is 18.6 Å². The molecule has 0 saturated heterocycles. The predicted octanol–water partition coefficient (Wildman–Crippen LogP) is 5.32. The maximum atomic E-state index is 5.01. The second-order valence-corrected chi connectivity index (χ2v) is 3.07. The molecule has 0 aromatic rings. The molecule has 0 aliphatic rings. The van der Waals surface area contributed by atoms with Crippen LogP contribution in [0.15, 0.2) is 18.2 Å². The summed E-state index contributed by atoms with van der Waals surface area (Å²) in [6, 6.07) is 0. The standard InChI is InChI=1S/3C5H9.V/c3*1-3-5-4-2;/h3*1,3H,4-5H2,2H3;/q3*-1;. The SMILES string of the molecule is [CH-]=CCCC.[CH-]=CCCC.[CH-]=CCCC.[V]. The molecule has 0 N–H and O–H groups in total. The van der Waals surface area contributed by atoms with Crippen molar-refractivity contribution in [2.45, 2.75) is 59.3 Å². The summed E-state index contributed by atoms with van der Waals surface area (Å²) in [6.07, 6.45) is 11.7. The molecule has 0 saturated carbocycles. The second kappa shape index (κ2) is 36.4. The summed E-state index contributed by atoms with van der Waals surface area (Å²) in [6.45, 7) is 21.3. The van der Waals surface area contributed by atoms with Crippen LogP contribution in [0.25, 0.3) is 0 Å². The summed E-state index contributed by atoms with van der Waals surface area (Å²) in [5.74, 6) is 0. The second-order valence-electron chi connectivity index (χ2n) is 3.07. The Kier molecular flexibility index (Phi) is 56.5. The van der Waals surface area contributed by atoms with Crippen LogP contribution in [-0.4, -0.2) is 0 Å². The normalized spacial score (nSPS) is 6.94. The van der Waals surface area contributed by atoms with Gasteiger partial charge in [0.05, 0.1) is 0 Å². The van der Waals surface area contributed by atoms with E-state index in [1.807, 2.05) is 0 Å². The van der Waals surface area contributed by atoms with E-state index in [-0.39, 0.29) is 18.6 Å². The quantitative estimate of drug-likeness (QED) is 0.565. The van der Waals surface area contributed by atoms with Gasteiger partial charge in [0.15, 0.2) is 0 Å². The minimum Gasteiger partial charge on any atom is -0.518 e. The van der Waals surface area contributed by atoms with Crippen molar-refractivity contribution >= 4 is 0 Å². The van der Waals surface area contributed by atoms with Crippen molar-refractivity contribution in [1.29, 1.82) is 0 Å². The van der Waals surface area contributed by atoms with Gasteiger partial charge < -0.3 is 19.7 Å². The number of hydrogen-bond donors (Lipinski definition) is 0. The molecule has 0 nitrogen and oxygen atoms in total. The van der Waals surface area contributed by atoms with Crippen LogP contribution in [0.3, 0.4) is 0 Å². The van der Waals surface area contributed by atoms with E-state index < -0.39 is 0 Å². The zero-order chi connectivity index (χ0) is 12.4. The Bertz CT molecular complexity index is 92.8. The van der Waals surface area contributed by atoms with E-state index in [9.17, 15) is 0 Å². The third-order valence-electron chi connectivity index (χ3n) is 1.37. The zero-order valence-corrected chi connectivity index (χ0v) is 12.6. The van der Waals surface area contributed by atoms with Crippen molar-refractivity contribution in [3.8, 4) is 0 Å². The van der Waals surface area contributed by atoms with Gasteiger partial charge in [-0.1, -0.05) is 59.3 Å². The zero-order valence-electron chi connectivity index (χ0n) is 11.2. The summed E-state index contributed by atoms with van der Waals surface area (Å²) in [5.41, 5.74) is 0. The first-order valence-electron chi connectivity index (χ1n) is 5.85. The van der Waals surface area contributed by atoms with Gasteiger partial charge in [-0.05, 0) is 0 Å². The summed E-state index contributed by atoms with van der Waals surface area (Å²) in [7, 11) is 0. The van der Waals surface area contributed by atoms with Crippen molar-refractivity contribution in [1.82, 2.24) is 0 Å². The summed E-state index contributed by atoms with van der Waals surface area (Å²) in [5, 5.41) is 0. The third-order valence-corrected chi connectivity index (χ3v) is 1.37. The van der Waals surface area contributed by atoms with E-state index in [1.54, 1.807) is 18.2 Å². The smallest absolute Gasteiger partial charge is 0 e. The minimum atomic E-state index is 0. The summed E-state index contributed by atoms with van der Waals surface area (Å²) >= 11 is 0. The van der Waals surface area contributed by atoms with E-state index in [0.717, 1.165) is 38.5 Å². The molecule has 0 spiro atoms. The van der Waals surface area contributed by atoms with Gasteiger partial charge in [-0.25, -0.2) is 0 Å². The van der Waals surface area contributed by atoms with Gasteiger partial charge >= 0.3 is 0 Å². The molecule has 0 amide bonds. The average Bonchev–Trinajstić information content (AvgIpc) is 2.23. The maximum Gasteiger partial charge on any atom is 0 e. The molecule has 95 valence electrons. The fourth-order valence-corrected chi connectivity index (χ4v) is 0.500. The molecule has 0 aromatic carbocycles. The van der Waals surface area contributed by atoms with Crippen molar-refractivity contribution in [2.75, 3.05) is 0 Å². The van der Waals surface area contributed by atoms with Gasteiger partial charge in [0.1, 0.15) is 0 Å². The molecular weight excluding hydrogens is 231 g/mol. The fraction of sp³-hybridized carbons (Fsp3) is 0.600. The van der Waals surface area contributed by atoms with Crippen LogP contribution in [0.1, 0.15) is 59.3 Å². The third kappa shape index (κ3) is 67.2. The molecule has 0 aliphatic carbocycles. The Morgan fingerprint density at radius 1 is 0.625 bits per heavy atom. The van der Waals surface area contributed by atoms with E-state index in [4.69, 9.17) is 19.7 Å². The average molecular weight is 258 g/mol. The predicted molar refractivity (Wildman–Crippen MR) is 71.3 cm³/mol. The molecule has 0 heterocycles. The van der Waals surface area contributed by atoms with Gasteiger partial charge in [0, 0.05) is 18.6 Å². The Morgan fingerprint density at radius 3 is 0.812 bits per heavy atom. The monoisotopic (exact) mass is 258 g/mol. The molecule has 0 fully saturated rings. The number of rotatable bonds is 6. The number of allylic oxidation sites excluding steroid dienone is 3. The molecule has 0 aliphatic heterocycles. The van der Waals surface area contributed by atoms with Crippen LogP contribution in [0.5, 0.6) is 0 Å². The van der Waals surface area contributed by atoms with Crippen LogP contribution in [0.2, 0.25) is 0 Å². The molecule has 0 atom stereocenters. The molecule has 1 radical (unpaired) electrons. The fourth-order valence-electron chi connectivity index (χ4n) is 0.500. The first kappa shape index (κ1) is 24.9. The first-order valence-corrected chi connectivity index (χ1v) is 5.85. The number of hydrogen-bond acceptors (Lipinski definition) is 0. The van der Waals surface area contributed by atoms with Crippen LogP contribution < -0.4 is 0 Å². The van der Waals surface area contributed by atoms with Crippen molar-refractivity contribution in [2.24, 2.45) is 0 Å². The molecule has 16 heavy (non-hydrogen) atoms. The Hall–Kier alpha value is -0.196. The molecule has 1 heteroatoms. The van der Waals surface area contributed by atoms with Crippen LogP contribution in [0.4, 0.5) is 0 Å². The summed E-state index contributed by atoms with van der Waals surface area (Å²) < 4.78 is 0.